The average molecular weight is 359 g/mol. The van der Waals surface area contributed by atoms with E-state index in [0.717, 1.165) is 16.7 Å². The van der Waals surface area contributed by atoms with Crippen molar-refractivity contribution in [2.24, 2.45) is 5.41 Å². The van der Waals surface area contributed by atoms with Gasteiger partial charge in [0.1, 0.15) is 5.41 Å². The molecule has 2 aromatic rings. The lowest BCUT2D eigenvalue weighted by Gasteiger charge is -2.23. The molecule has 0 bridgehead atoms. The summed E-state index contributed by atoms with van der Waals surface area (Å²) in [6.07, 6.45) is 0. The molecule has 0 saturated heterocycles. The summed E-state index contributed by atoms with van der Waals surface area (Å²) in [5.41, 5.74) is 1.79. The van der Waals surface area contributed by atoms with Crippen LogP contribution in [-0.4, -0.2) is 11.8 Å². The van der Waals surface area contributed by atoms with Gasteiger partial charge in [0.2, 0.25) is 11.8 Å². The molecule has 2 N–H and O–H groups in total. The van der Waals surface area contributed by atoms with Gasteiger partial charge in [-0.25, -0.2) is 0 Å². The molecule has 4 nitrogen and oxygen atoms in total. The Balaban J connectivity index is 1.91. The summed E-state index contributed by atoms with van der Waals surface area (Å²) >= 11 is 6.08. The van der Waals surface area contributed by atoms with E-state index in [9.17, 15) is 9.59 Å². The molecule has 0 aromatic heterocycles. The van der Waals surface area contributed by atoms with Crippen LogP contribution in [0.25, 0.3) is 0 Å². The number of hydrogen-bond acceptors (Lipinski definition) is 2. The Kier molecular flexibility index (Phi) is 6.21. The minimum absolute atomic E-state index is 0.285. The van der Waals surface area contributed by atoms with E-state index in [0.29, 0.717) is 11.6 Å². The fraction of sp³-hybridized carbons (Fsp3) is 0.300. The zero-order chi connectivity index (χ0) is 18.4. The smallest absolute Gasteiger partial charge is 0.235 e. The Hall–Kier alpha value is -2.33. The fourth-order valence-corrected chi connectivity index (χ4v) is 2.45. The molecule has 5 heteroatoms. The van der Waals surface area contributed by atoms with E-state index in [2.05, 4.69) is 10.6 Å². The van der Waals surface area contributed by atoms with Crippen molar-refractivity contribution in [3.8, 4) is 0 Å². The number of amides is 2. The van der Waals surface area contributed by atoms with Crippen LogP contribution in [0.2, 0.25) is 5.02 Å². The third-order valence-electron chi connectivity index (χ3n) is 4.11. The van der Waals surface area contributed by atoms with Gasteiger partial charge in [-0.05, 0) is 38.0 Å². The maximum Gasteiger partial charge on any atom is 0.235 e. The van der Waals surface area contributed by atoms with E-state index in [1.54, 1.807) is 19.9 Å². The van der Waals surface area contributed by atoms with E-state index in [4.69, 9.17) is 11.6 Å². The molecule has 0 spiro atoms. The number of nitrogens with one attached hydrogen (secondary N) is 2. The first kappa shape index (κ1) is 19.0. The molecule has 0 atom stereocenters. The topological polar surface area (TPSA) is 58.2 Å². The number of aryl methyl sites for hydroxylation is 1. The lowest BCUT2D eigenvalue weighted by Crippen LogP contribution is -2.47. The molecule has 0 saturated carbocycles. The summed E-state index contributed by atoms with van der Waals surface area (Å²) in [7, 11) is 0. The Bertz CT molecular complexity index is 755. The summed E-state index contributed by atoms with van der Waals surface area (Å²) in [6.45, 7) is 5.90. The number of carbonyl (C=O) groups is 2. The Morgan fingerprint density at radius 1 is 0.920 bits per heavy atom. The van der Waals surface area contributed by atoms with Gasteiger partial charge < -0.3 is 10.6 Å². The van der Waals surface area contributed by atoms with Crippen molar-refractivity contribution in [3.05, 3.63) is 70.2 Å². The van der Waals surface area contributed by atoms with Crippen LogP contribution in [0.4, 0.5) is 0 Å². The van der Waals surface area contributed by atoms with Gasteiger partial charge in [-0.15, -0.1) is 0 Å². The summed E-state index contributed by atoms with van der Waals surface area (Å²) in [6, 6.07) is 15.2. The van der Waals surface area contributed by atoms with E-state index < -0.39 is 5.41 Å². The van der Waals surface area contributed by atoms with E-state index in [1.165, 1.54) is 0 Å². The summed E-state index contributed by atoms with van der Waals surface area (Å²) < 4.78 is 0. The second kappa shape index (κ2) is 8.17. The van der Waals surface area contributed by atoms with Gasteiger partial charge >= 0.3 is 0 Å². The van der Waals surface area contributed by atoms with Crippen molar-refractivity contribution in [1.82, 2.24) is 10.6 Å². The van der Waals surface area contributed by atoms with Crippen LogP contribution in [0.5, 0.6) is 0 Å². The molecule has 0 unspecified atom stereocenters. The first-order valence-electron chi connectivity index (χ1n) is 8.16. The SMILES string of the molecule is Cc1ccc(CNC(=O)C(C)(C)C(=O)NCc2ccccc2Cl)cc1. The molecule has 0 radical (unpaired) electrons. The Morgan fingerprint density at radius 3 is 2.08 bits per heavy atom. The van der Waals surface area contributed by atoms with E-state index in [-0.39, 0.29) is 18.4 Å². The number of hydrogen-bond donors (Lipinski definition) is 2. The van der Waals surface area contributed by atoms with Crippen molar-refractivity contribution in [3.63, 3.8) is 0 Å². The summed E-state index contributed by atoms with van der Waals surface area (Å²) in [5, 5.41) is 6.19. The molecular weight excluding hydrogens is 336 g/mol. The van der Waals surface area contributed by atoms with E-state index in [1.807, 2.05) is 49.4 Å². The van der Waals surface area contributed by atoms with Gasteiger partial charge in [-0.3, -0.25) is 9.59 Å². The predicted octanol–water partition coefficient (Wildman–Crippen LogP) is 3.61. The minimum Gasteiger partial charge on any atom is -0.351 e. The lowest BCUT2D eigenvalue weighted by molar-refractivity contribution is -0.141. The Labute approximate surface area is 153 Å². The standard InChI is InChI=1S/C20H23ClN2O2/c1-14-8-10-15(11-9-14)12-22-18(24)20(2,3)19(25)23-13-16-6-4-5-7-17(16)21/h4-11H,12-13H2,1-3H3,(H,22,24)(H,23,25). The van der Waals surface area contributed by atoms with Crippen LogP contribution in [0, 0.1) is 12.3 Å². The second-order valence-electron chi connectivity index (χ2n) is 6.57. The highest BCUT2D eigenvalue weighted by molar-refractivity contribution is 6.31. The van der Waals surface area contributed by atoms with Gasteiger partial charge in [0.05, 0.1) is 0 Å². The normalized spacial score (nSPS) is 11.0. The van der Waals surface area contributed by atoms with Gasteiger partial charge in [-0.1, -0.05) is 59.6 Å². The predicted molar refractivity (Wildman–Crippen MR) is 100 cm³/mol. The molecule has 0 heterocycles. The van der Waals surface area contributed by atoms with Crippen LogP contribution < -0.4 is 10.6 Å². The molecule has 2 rings (SSSR count). The minimum atomic E-state index is -1.17. The number of rotatable bonds is 6. The zero-order valence-corrected chi connectivity index (χ0v) is 15.5. The summed E-state index contributed by atoms with van der Waals surface area (Å²) in [4.78, 5) is 24.9. The quantitative estimate of drug-likeness (QED) is 0.775. The van der Waals surface area contributed by atoms with Crippen molar-refractivity contribution >= 4 is 23.4 Å². The highest BCUT2D eigenvalue weighted by atomic mass is 35.5. The molecule has 0 fully saturated rings. The molecule has 2 amide bonds. The van der Waals surface area contributed by atoms with Crippen molar-refractivity contribution < 1.29 is 9.59 Å². The molecule has 0 aliphatic rings. The third kappa shape index (κ3) is 5.07. The molecule has 2 aromatic carbocycles. The lowest BCUT2D eigenvalue weighted by atomic mass is 9.91. The first-order valence-corrected chi connectivity index (χ1v) is 8.54. The largest absolute Gasteiger partial charge is 0.351 e. The highest BCUT2D eigenvalue weighted by Crippen LogP contribution is 2.18. The number of benzene rings is 2. The van der Waals surface area contributed by atoms with Gasteiger partial charge in [0.25, 0.3) is 0 Å². The van der Waals surface area contributed by atoms with E-state index >= 15 is 0 Å². The number of halogens is 1. The van der Waals surface area contributed by atoms with Crippen LogP contribution in [0.3, 0.4) is 0 Å². The maximum absolute atomic E-state index is 12.4. The molecule has 25 heavy (non-hydrogen) atoms. The molecule has 0 aliphatic heterocycles. The first-order chi connectivity index (χ1) is 11.8. The highest BCUT2D eigenvalue weighted by Gasteiger charge is 2.35. The Morgan fingerprint density at radius 2 is 1.48 bits per heavy atom. The maximum atomic E-state index is 12.4. The van der Waals surface area contributed by atoms with Crippen LogP contribution in [0.15, 0.2) is 48.5 Å². The monoisotopic (exact) mass is 358 g/mol. The number of carbonyl (C=O) groups excluding carboxylic acids is 2. The van der Waals surface area contributed by atoms with Gasteiger partial charge in [0, 0.05) is 18.1 Å². The molecule has 132 valence electrons. The van der Waals surface area contributed by atoms with Crippen molar-refractivity contribution in [2.45, 2.75) is 33.9 Å². The van der Waals surface area contributed by atoms with Gasteiger partial charge in [0.15, 0.2) is 0 Å². The van der Waals surface area contributed by atoms with Crippen LogP contribution in [0.1, 0.15) is 30.5 Å². The average Bonchev–Trinajstić information content (AvgIpc) is 2.59. The second-order valence-corrected chi connectivity index (χ2v) is 6.97. The molecular formula is C20H23ClN2O2. The van der Waals surface area contributed by atoms with Crippen LogP contribution in [-0.2, 0) is 22.7 Å². The third-order valence-corrected chi connectivity index (χ3v) is 4.47. The zero-order valence-electron chi connectivity index (χ0n) is 14.7. The molecule has 0 aliphatic carbocycles. The fourth-order valence-electron chi connectivity index (χ4n) is 2.25. The van der Waals surface area contributed by atoms with Gasteiger partial charge in [-0.2, -0.15) is 0 Å². The van der Waals surface area contributed by atoms with Crippen LogP contribution >= 0.6 is 11.6 Å². The summed E-state index contributed by atoms with van der Waals surface area (Å²) in [5.74, 6) is -0.654. The van der Waals surface area contributed by atoms with Crippen molar-refractivity contribution in [1.29, 1.82) is 0 Å². The van der Waals surface area contributed by atoms with Crippen molar-refractivity contribution in [2.75, 3.05) is 0 Å².